The Morgan fingerprint density at radius 2 is 2.30 bits per heavy atom. The molecule has 1 atom stereocenters. The lowest BCUT2D eigenvalue weighted by atomic mass is 10.3. The molecule has 0 saturated carbocycles. The summed E-state index contributed by atoms with van der Waals surface area (Å²) in [5, 5.41) is 2.74. The van der Waals surface area contributed by atoms with Crippen molar-refractivity contribution in [2.45, 2.75) is 6.10 Å². The predicted molar refractivity (Wildman–Crippen MR) is 91.2 cm³/mol. The van der Waals surface area contributed by atoms with Crippen LogP contribution in [0.15, 0.2) is 34.9 Å². The van der Waals surface area contributed by atoms with Crippen molar-refractivity contribution >= 4 is 56.7 Å². The third-order valence-electron chi connectivity index (χ3n) is 3.15. The van der Waals surface area contributed by atoms with Crippen molar-refractivity contribution in [2.24, 2.45) is 0 Å². The lowest BCUT2D eigenvalue weighted by Gasteiger charge is -2.11. The first-order chi connectivity index (χ1) is 11.0. The van der Waals surface area contributed by atoms with Gasteiger partial charge in [0.2, 0.25) is 0 Å². The Morgan fingerprint density at radius 3 is 2.96 bits per heavy atom. The van der Waals surface area contributed by atoms with Gasteiger partial charge in [-0.05, 0) is 40.2 Å². The minimum atomic E-state index is -0.474. The number of pyridine rings is 1. The highest BCUT2D eigenvalue weighted by molar-refractivity contribution is 9.10. The van der Waals surface area contributed by atoms with Crippen molar-refractivity contribution < 1.29 is 14.3 Å². The SMILES string of the molecule is O=C(NC[C@H]1CN(c2ccc(Br)cn2)C(=O)O1)c1ccc(Cl)s1. The number of carbonyl (C=O) groups is 2. The van der Waals surface area contributed by atoms with E-state index >= 15 is 0 Å². The van der Waals surface area contributed by atoms with Crippen LogP contribution in [-0.2, 0) is 4.74 Å². The molecule has 0 aliphatic carbocycles. The van der Waals surface area contributed by atoms with Crippen LogP contribution in [0.3, 0.4) is 0 Å². The Balaban J connectivity index is 1.57. The van der Waals surface area contributed by atoms with Gasteiger partial charge in [-0.3, -0.25) is 9.69 Å². The number of anilines is 1. The van der Waals surface area contributed by atoms with Crippen molar-refractivity contribution in [3.8, 4) is 0 Å². The van der Waals surface area contributed by atoms with E-state index in [0.29, 0.717) is 21.6 Å². The second-order valence-corrected chi connectivity index (χ2v) is 7.40. The van der Waals surface area contributed by atoms with E-state index in [1.165, 1.54) is 16.2 Å². The van der Waals surface area contributed by atoms with Gasteiger partial charge >= 0.3 is 6.09 Å². The molecule has 3 heterocycles. The Labute approximate surface area is 149 Å². The van der Waals surface area contributed by atoms with E-state index in [1.54, 1.807) is 30.5 Å². The third kappa shape index (κ3) is 3.82. The maximum Gasteiger partial charge on any atom is 0.416 e. The van der Waals surface area contributed by atoms with Crippen molar-refractivity contribution in [1.29, 1.82) is 0 Å². The number of amides is 2. The topological polar surface area (TPSA) is 71.5 Å². The first kappa shape index (κ1) is 16.2. The number of thiophene rings is 1. The Hall–Kier alpha value is -1.64. The van der Waals surface area contributed by atoms with Crippen molar-refractivity contribution in [1.82, 2.24) is 10.3 Å². The molecule has 23 heavy (non-hydrogen) atoms. The number of cyclic esters (lactones) is 1. The fraction of sp³-hybridized carbons (Fsp3) is 0.214. The first-order valence-electron chi connectivity index (χ1n) is 6.66. The molecule has 2 aromatic rings. The van der Waals surface area contributed by atoms with E-state index in [4.69, 9.17) is 16.3 Å². The maximum absolute atomic E-state index is 12.0. The van der Waals surface area contributed by atoms with Crippen molar-refractivity contribution in [3.63, 3.8) is 0 Å². The number of hydrogen-bond acceptors (Lipinski definition) is 5. The molecule has 0 bridgehead atoms. The average Bonchev–Trinajstić information content (AvgIpc) is 3.12. The van der Waals surface area contributed by atoms with Crippen LogP contribution in [0.25, 0.3) is 0 Å². The number of rotatable bonds is 4. The van der Waals surface area contributed by atoms with Crippen LogP contribution in [0.4, 0.5) is 10.6 Å². The average molecular weight is 417 g/mol. The van der Waals surface area contributed by atoms with Gasteiger partial charge in [-0.1, -0.05) is 11.6 Å². The summed E-state index contributed by atoms with van der Waals surface area (Å²) in [6.45, 7) is 0.562. The summed E-state index contributed by atoms with van der Waals surface area (Å²) in [6, 6.07) is 6.84. The molecular formula is C14H11BrClN3O3S. The minimum Gasteiger partial charge on any atom is -0.442 e. The van der Waals surface area contributed by atoms with Crippen molar-refractivity contribution in [3.05, 3.63) is 44.1 Å². The summed E-state index contributed by atoms with van der Waals surface area (Å²) < 4.78 is 6.62. The Bertz CT molecular complexity index is 737. The van der Waals surface area contributed by atoms with Crippen molar-refractivity contribution in [2.75, 3.05) is 18.0 Å². The van der Waals surface area contributed by atoms with Crippen LogP contribution < -0.4 is 10.2 Å². The molecule has 1 saturated heterocycles. The van der Waals surface area contributed by atoms with Crippen LogP contribution in [0.5, 0.6) is 0 Å². The summed E-state index contributed by atoms with van der Waals surface area (Å²) in [6.07, 6.45) is 0.712. The molecule has 3 rings (SSSR count). The van der Waals surface area contributed by atoms with Gasteiger partial charge in [-0.2, -0.15) is 0 Å². The van der Waals surface area contributed by atoms with Gasteiger partial charge in [0.1, 0.15) is 11.9 Å². The highest BCUT2D eigenvalue weighted by atomic mass is 79.9. The molecule has 6 nitrogen and oxygen atoms in total. The molecule has 0 spiro atoms. The van der Waals surface area contributed by atoms with Gasteiger partial charge in [0, 0.05) is 10.7 Å². The smallest absolute Gasteiger partial charge is 0.416 e. The van der Waals surface area contributed by atoms with E-state index < -0.39 is 12.2 Å². The normalized spacial score (nSPS) is 17.2. The quantitative estimate of drug-likeness (QED) is 0.830. The number of carbonyl (C=O) groups excluding carboxylic acids is 2. The Kier molecular flexibility index (Phi) is 4.84. The fourth-order valence-electron chi connectivity index (χ4n) is 2.07. The largest absolute Gasteiger partial charge is 0.442 e. The highest BCUT2D eigenvalue weighted by Gasteiger charge is 2.33. The predicted octanol–water partition coefficient (Wildman–Crippen LogP) is 3.31. The molecule has 9 heteroatoms. The zero-order valence-corrected chi connectivity index (χ0v) is 14.8. The fourth-order valence-corrected chi connectivity index (χ4v) is 3.27. The molecule has 2 aromatic heterocycles. The van der Waals surface area contributed by atoms with E-state index in [-0.39, 0.29) is 12.5 Å². The number of ether oxygens (including phenoxy) is 1. The van der Waals surface area contributed by atoms with E-state index in [9.17, 15) is 9.59 Å². The molecule has 2 amide bonds. The third-order valence-corrected chi connectivity index (χ3v) is 4.85. The second kappa shape index (κ2) is 6.86. The number of aromatic nitrogens is 1. The molecule has 0 aromatic carbocycles. The Morgan fingerprint density at radius 1 is 1.48 bits per heavy atom. The number of hydrogen-bond donors (Lipinski definition) is 1. The van der Waals surface area contributed by atoms with Crippen LogP contribution >= 0.6 is 38.9 Å². The summed E-state index contributed by atoms with van der Waals surface area (Å²) in [4.78, 5) is 30.0. The lowest BCUT2D eigenvalue weighted by Crippen LogP contribution is -2.34. The zero-order chi connectivity index (χ0) is 16.4. The highest BCUT2D eigenvalue weighted by Crippen LogP contribution is 2.22. The molecule has 120 valence electrons. The minimum absolute atomic E-state index is 0.229. The molecular weight excluding hydrogens is 406 g/mol. The second-order valence-electron chi connectivity index (χ2n) is 4.76. The molecule has 1 aliphatic rings. The molecule has 1 N–H and O–H groups in total. The van der Waals surface area contributed by atoms with Gasteiger partial charge < -0.3 is 10.1 Å². The first-order valence-corrected chi connectivity index (χ1v) is 8.65. The van der Waals surface area contributed by atoms with Crippen LogP contribution in [-0.4, -0.2) is 36.2 Å². The summed E-state index contributed by atoms with van der Waals surface area (Å²) in [5.41, 5.74) is 0. The van der Waals surface area contributed by atoms with Gasteiger partial charge in [0.25, 0.3) is 5.91 Å². The monoisotopic (exact) mass is 415 g/mol. The van der Waals surface area contributed by atoms with Crippen LogP contribution in [0.1, 0.15) is 9.67 Å². The number of nitrogens with zero attached hydrogens (tertiary/aromatic N) is 2. The van der Waals surface area contributed by atoms with E-state index in [1.807, 2.05) is 0 Å². The lowest BCUT2D eigenvalue weighted by molar-refractivity contribution is 0.0920. The van der Waals surface area contributed by atoms with E-state index in [0.717, 1.165) is 4.47 Å². The van der Waals surface area contributed by atoms with Gasteiger partial charge in [0.05, 0.1) is 22.3 Å². The van der Waals surface area contributed by atoms with Gasteiger partial charge in [-0.15, -0.1) is 11.3 Å². The summed E-state index contributed by atoms with van der Waals surface area (Å²) in [7, 11) is 0. The maximum atomic E-state index is 12.0. The van der Waals surface area contributed by atoms with Crippen LogP contribution in [0.2, 0.25) is 4.34 Å². The standard InChI is InChI=1S/C14H11BrClN3O3S/c15-8-1-4-12(17-5-8)19-7-9(22-14(19)21)6-18-13(20)10-2-3-11(16)23-10/h1-5,9H,6-7H2,(H,18,20)/t9-/m0/s1. The molecule has 0 unspecified atom stereocenters. The van der Waals surface area contributed by atoms with E-state index in [2.05, 4.69) is 26.2 Å². The summed E-state index contributed by atoms with van der Waals surface area (Å²) >= 11 is 10.3. The van der Waals surface area contributed by atoms with Gasteiger partial charge in [0.15, 0.2) is 0 Å². The molecule has 1 aliphatic heterocycles. The van der Waals surface area contributed by atoms with Gasteiger partial charge in [-0.25, -0.2) is 9.78 Å². The zero-order valence-electron chi connectivity index (χ0n) is 11.7. The summed E-state index contributed by atoms with van der Waals surface area (Å²) in [5.74, 6) is 0.273. The molecule has 0 radical (unpaired) electrons. The van der Waals surface area contributed by atoms with Crippen LogP contribution in [0, 0.1) is 0 Å². The molecule has 1 fully saturated rings. The number of nitrogens with one attached hydrogen (secondary N) is 1. The number of halogens is 2.